The van der Waals surface area contributed by atoms with E-state index in [1.807, 2.05) is 12.1 Å². The molecule has 1 saturated carbocycles. The molecule has 33 heavy (non-hydrogen) atoms. The molecule has 2 amide bonds. The molecule has 0 bridgehead atoms. The van der Waals surface area contributed by atoms with Gasteiger partial charge in [0.1, 0.15) is 6.04 Å². The van der Waals surface area contributed by atoms with Gasteiger partial charge in [0.05, 0.1) is 5.60 Å². The summed E-state index contributed by atoms with van der Waals surface area (Å²) in [6.07, 6.45) is 2.54. The van der Waals surface area contributed by atoms with E-state index < -0.39 is 23.5 Å². The Hall–Kier alpha value is -3.62. The molecule has 7 heteroatoms. The van der Waals surface area contributed by atoms with Gasteiger partial charge in [-0.05, 0) is 80.5 Å². The maximum Gasteiger partial charge on any atom is 0.268 e. The van der Waals surface area contributed by atoms with Gasteiger partial charge in [-0.3, -0.25) is 14.8 Å². The van der Waals surface area contributed by atoms with Crippen molar-refractivity contribution in [2.24, 2.45) is 0 Å². The fourth-order valence-electron chi connectivity index (χ4n) is 3.01. The van der Waals surface area contributed by atoms with Crippen LogP contribution in [0.2, 0.25) is 0 Å². The van der Waals surface area contributed by atoms with E-state index in [0.29, 0.717) is 11.6 Å². The van der Waals surface area contributed by atoms with Crippen molar-refractivity contribution in [1.29, 1.82) is 0 Å². The molecule has 0 spiro atoms. The fourth-order valence-corrected chi connectivity index (χ4v) is 3.01. The minimum absolute atomic E-state index is 0.280. The second-order valence-electron chi connectivity index (χ2n) is 8.47. The number of aliphatic hydroxyl groups is 1. The molecule has 1 aliphatic rings. The zero-order valence-corrected chi connectivity index (χ0v) is 18.6. The highest BCUT2D eigenvalue weighted by atomic mass is 16.5. The van der Waals surface area contributed by atoms with Crippen molar-refractivity contribution < 1.29 is 19.9 Å². The number of rotatable bonds is 7. The third kappa shape index (κ3) is 7.48. The Morgan fingerprint density at radius 1 is 1.00 bits per heavy atom. The molecule has 7 nitrogen and oxygen atoms in total. The van der Waals surface area contributed by atoms with Gasteiger partial charge in [-0.2, -0.15) is 0 Å². The first-order chi connectivity index (χ1) is 15.8. The second-order valence-corrected chi connectivity index (χ2v) is 8.47. The molecular formula is C26H27N3O4. The third-order valence-corrected chi connectivity index (χ3v) is 5.10. The number of nitrogens with one attached hydrogen (secondary N) is 3. The van der Waals surface area contributed by atoms with Gasteiger partial charge < -0.3 is 15.7 Å². The quantitative estimate of drug-likeness (QED) is 0.253. The molecule has 0 radical (unpaired) electrons. The Morgan fingerprint density at radius 3 is 2.03 bits per heavy atom. The summed E-state index contributed by atoms with van der Waals surface area (Å²) in [4.78, 5) is 24.1. The monoisotopic (exact) mass is 445 g/mol. The van der Waals surface area contributed by atoms with Crippen LogP contribution in [0.1, 0.15) is 53.7 Å². The number of amides is 2. The van der Waals surface area contributed by atoms with Gasteiger partial charge in [-0.1, -0.05) is 24.0 Å². The normalized spacial score (nSPS) is 13.6. The molecule has 2 aromatic carbocycles. The number of hydrogen-bond donors (Lipinski definition) is 5. The number of hydrogen-bond acceptors (Lipinski definition) is 5. The van der Waals surface area contributed by atoms with Crippen LogP contribution in [-0.4, -0.2) is 39.8 Å². The van der Waals surface area contributed by atoms with Crippen LogP contribution in [0.5, 0.6) is 0 Å². The SMILES string of the molecule is CC(C)(O)[C@H](NC(=O)c1ccc(C#CC#Cc2ccc(CNC3CC3)cc2)cc1)C(=O)NO. The van der Waals surface area contributed by atoms with Crippen LogP contribution in [-0.2, 0) is 11.3 Å². The summed E-state index contributed by atoms with van der Waals surface area (Å²) >= 11 is 0. The lowest BCUT2D eigenvalue weighted by Gasteiger charge is -2.28. The zero-order chi connectivity index (χ0) is 23.8. The van der Waals surface area contributed by atoms with Crippen molar-refractivity contribution >= 4 is 11.8 Å². The molecule has 0 aromatic heterocycles. The summed E-state index contributed by atoms with van der Waals surface area (Å²) in [5.41, 5.74) is 2.95. The fraction of sp³-hybridized carbons (Fsp3) is 0.308. The number of carbonyl (C=O) groups excluding carboxylic acids is 2. The first-order valence-electron chi connectivity index (χ1n) is 10.7. The second kappa shape index (κ2) is 10.8. The molecule has 5 N–H and O–H groups in total. The van der Waals surface area contributed by atoms with E-state index in [2.05, 4.69) is 46.4 Å². The lowest BCUT2D eigenvalue weighted by atomic mass is 9.97. The van der Waals surface area contributed by atoms with Crippen LogP contribution in [0.3, 0.4) is 0 Å². The summed E-state index contributed by atoms with van der Waals surface area (Å²) in [6, 6.07) is 13.9. The van der Waals surface area contributed by atoms with E-state index in [0.717, 1.165) is 12.1 Å². The molecule has 2 aromatic rings. The van der Waals surface area contributed by atoms with E-state index in [1.54, 1.807) is 24.3 Å². The molecule has 170 valence electrons. The molecule has 1 aliphatic carbocycles. The van der Waals surface area contributed by atoms with Crippen molar-refractivity contribution in [1.82, 2.24) is 16.1 Å². The lowest BCUT2D eigenvalue weighted by Crippen LogP contribution is -2.57. The van der Waals surface area contributed by atoms with Crippen LogP contribution < -0.4 is 16.1 Å². The van der Waals surface area contributed by atoms with Gasteiger partial charge in [0.15, 0.2) is 0 Å². The zero-order valence-electron chi connectivity index (χ0n) is 18.6. The predicted molar refractivity (Wildman–Crippen MR) is 124 cm³/mol. The molecule has 0 aliphatic heterocycles. The average Bonchev–Trinajstić information content (AvgIpc) is 3.63. The van der Waals surface area contributed by atoms with Crippen LogP contribution >= 0.6 is 0 Å². The predicted octanol–water partition coefficient (Wildman–Crippen LogP) is 1.72. The summed E-state index contributed by atoms with van der Waals surface area (Å²) in [7, 11) is 0. The van der Waals surface area contributed by atoms with Crippen LogP contribution in [0.4, 0.5) is 0 Å². The van der Waals surface area contributed by atoms with E-state index in [4.69, 9.17) is 5.21 Å². The largest absolute Gasteiger partial charge is 0.388 e. The number of benzene rings is 2. The highest BCUT2D eigenvalue weighted by Gasteiger charge is 2.34. The Bertz CT molecular complexity index is 1110. The van der Waals surface area contributed by atoms with Gasteiger partial charge in [0.2, 0.25) is 0 Å². The number of carbonyl (C=O) groups is 2. The van der Waals surface area contributed by atoms with Gasteiger partial charge in [-0.15, -0.1) is 0 Å². The Balaban J connectivity index is 1.57. The van der Waals surface area contributed by atoms with Crippen molar-refractivity contribution in [3.05, 3.63) is 70.8 Å². The summed E-state index contributed by atoms with van der Waals surface area (Å²) in [5, 5.41) is 24.8. The Kier molecular flexibility index (Phi) is 7.87. The maximum absolute atomic E-state index is 12.4. The van der Waals surface area contributed by atoms with E-state index in [-0.39, 0.29) is 5.56 Å². The van der Waals surface area contributed by atoms with E-state index >= 15 is 0 Å². The maximum atomic E-state index is 12.4. The smallest absolute Gasteiger partial charge is 0.268 e. The molecule has 1 atom stereocenters. The topological polar surface area (TPSA) is 111 Å². The van der Waals surface area contributed by atoms with Crippen LogP contribution in [0.25, 0.3) is 0 Å². The van der Waals surface area contributed by atoms with E-state index in [9.17, 15) is 14.7 Å². The summed E-state index contributed by atoms with van der Waals surface area (Å²) in [6.45, 7) is 3.58. The van der Waals surface area contributed by atoms with Gasteiger partial charge >= 0.3 is 0 Å². The minimum atomic E-state index is -1.57. The highest BCUT2D eigenvalue weighted by molar-refractivity contribution is 5.97. The highest BCUT2D eigenvalue weighted by Crippen LogP contribution is 2.19. The third-order valence-electron chi connectivity index (χ3n) is 5.10. The van der Waals surface area contributed by atoms with Gasteiger partial charge in [0, 0.05) is 29.3 Å². The lowest BCUT2D eigenvalue weighted by molar-refractivity contribution is -0.136. The van der Waals surface area contributed by atoms with Gasteiger partial charge in [0.25, 0.3) is 11.8 Å². The van der Waals surface area contributed by atoms with E-state index in [1.165, 1.54) is 37.7 Å². The molecular weight excluding hydrogens is 418 g/mol. The van der Waals surface area contributed by atoms with Crippen molar-refractivity contribution in [2.75, 3.05) is 0 Å². The number of hydroxylamine groups is 1. The van der Waals surface area contributed by atoms with Gasteiger partial charge in [-0.25, -0.2) is 5.48 Å². The molecule has 0 unspecified atom stereocenters. The molecule has 3 rings (SSSR count). The minimum Gasteiger partial charge on any atom is -0.388 e. The molecule has 1 fully saturated rings. The molecule has 0 heterocycles. The summed E-state index contributed by atoms with van der Waals surface area (Å²) < 4.78 is 0. The van der Waals surface area contributed by atoms with Crippen LogP contribution in [0, 0.1) is 23.7 Å². The first-order valence-corrected chi connectivity index (χ1v) is 10.7. The summed E-state index contributed by atoms with van der Waals surface area (Å²) in [5.74, 6) is 10.1. The van der Waals surface area contributed by atoms with Crippen molar-refractivity contribution in [2.45, 2.75) is 50.9 Å². The van der Waals surface area contributed by atoms with Crippen LogP contribution in [0.15, 0.2) is 48.5 Å². The standard InChI is InChI=1S/C26H27N3O4/c1-26(2,32)23(25(31)29-33)28-24(30)21-13-11-19(12-14-21)6-4-3-5-18-7-9-20(10-8-18)17-27-22-15-16-22/h7-14,22-23,27,32-33H,15-17H2,1-2H3,(H,28,30)(H,29,31)/t23-/m1/s1. The Morgan fingerprint density at radius 2 is 1.55 bits per heavy atom. The first kappa shape index (κ1) is 24.0. The average molecular weight is 446 g/mol. The van der Waals surface area contributed by atoms with Crippen molar-refractivity contribution in [3.8, 4) is 23.7 Å². The van der Waals surface area contributed by atoms with Crippen molar-refractivity contribution in [3.63, 3.8) is 0 Å². The Labute approximate surface area is 193 Å². The molecule has 0 saturated heterocycles.